The lowest BCUT2D eigenvalue weighted by atomic mass is 10.0. The third-order valence-electron chi connectivity index (χ3n) is 4.31. The molecule has 0 bridgehead atoms. The molecule has 0 atom stereocenters. The van der Waals surface area contributed by atoms with Crippen LogP contribution in [0.2, 0.25) is 0 Å². The summed E-state index contributed by atoms with van der Waals surface area (Å²) in [6, 6.07) is 11.0. The molecule has 2 aromatic rings. The Morgan fingerprint density at radius 1 is 1.00 bits per heavy atom. The molecule has 0 spiro atoms. The highest BCUT2D eigenvalue weighted by Crippen LogP contribution is 2.36. The topological polar surface area (TPSA) is 44.8 Å². The summed E-state index contributed by atoms with van der Waals surface area (Å²) in [4.78, 5) is 12.8. The highest BCUT2D eigenvalue weighted by Gasteiger charge is 2.16. The third-order valence-corrected chi connectivity index (χ3v) is 4.31. The maximum absolute atomic E-state index is 12.8. The summed E-state index contributed by atoms with van der Waals surface area (Å²) < 4.78 is 17.7. The summed E-state index contributed by atoms with van der Waals surface area (Å²) in [5.41, 5.74) is 2.48. The molecule has 0 aliphatic carbocycles. The minimum Gasteiger partial charge on any atom is -0.490 e. The van der Waals surface area contributed by atoms with Gasteiger partial charge in [-0.05, 0) is 89.1 Å². The Hall–Kier alpha value is -3.01. The Kier molecular flexibility index (Phi) is 8.92. The summed E-state index contributed by atoms with van der Waals surface area (Å²) in [7, 11) is 0. The number of aryl methyl sites for hydroxylation is 1. The average Bonchev–Trinajstić information content (AvgIpc) is 2.68. The van der Waals surface area contributed by atoms with E-state index >= 15 is 0 Å². The van der Waals surface area contributed by atoms with Crippen molar-refractivity contribution in [2.24, 2.45) is 0 Å². The molecule has 0 amide bonds. The van der Waals surface area contributed by atoms with Crippen LogP contribution in [0, 0.1) is 0 Å². The second kappa shape index (κ2) is 11.4. The Morgan fingerprint density at radius 2 is 1.65 bits per heavy atom. The monoisotopic (exact) mass is 422 g/mol. The van der Waals surface area contributed by atoms with Crippen molar-refractivity contribution in [3.63, 3.8) is 0 Å². The van der Waals surface area contributed by atoms with Crippen molar-refractivity contribution in [1.29, 1.82) is 0 Å². The molecule has 0 fully saturated rings. The summed E-state index contributed by atoms with van der Waals surface area (Å²) in [6.45, 7) is 15.6. The van der Waals surface area contributed by atoms with E-state index in [0.29, 0.717) is 22.8 Å². The fraction of sp³-hybridized carbons (Fsp3) is 0.370. The summed E-state index contributed by atoms with van der Waals surface area (Å²) in [5, 5.41) is 0. The molecule has 0 heterocycles. The number of carbonyl (C=O) groups is 1. The molecule has 0 N–H and O–H groups in total. The first-order valence-electron chi connectivity index (χ1n) is 10.9. The number of hydrogen-bond acceptors (Lipinski definition) is 4. The molecule has 31 heavy (non-hydrogen) atoms. The van der Waals surface area contributed by atoms with Crippen LogP contribution in [0.15, 0.2) is 54.8 Å². The molecule has 0 saturated heterocycles. The molecule has 2 rings (SSSR count). The molecule has 4 nitrogen and oxygen atoms in total. The van der Waals surface area contributed by atoms with E-state index in [1.54, 1.807) is 43.3 Å². The van der Waals surface area contributed by atoms with Crippen LogP contribution < -0.4 is 14.2 Å². The Balaban J connectivity index is 2.41. The summed E-state index contributed by atoms with van der Waals surface area (Å²) >= 11 is 0. The lowest BCUT2D eigenvalue weighted by molar-refractivity contribution is 0.104. The van der Waals surface area contributed by atoms with Crippen LogP contribution in [0.5, 0.6) is 17.2 Å². The fourth-order valence-corrected chi connectivity index (χ4v) is 3.13. The van der Waals surface area contributed by atoms with Gasteiger partial charge in [-0.3, -0.25) is 4.79 Å². The van der Waals surface area contributed by atoms with Gasteiger partial charge in [-0.1, -0.05) is 26.0 Å². The van der Waals surface area contributed by atoms with Gasteiger partial charge >= 0.3 is 0 Å². The van der Waals surface area contributed by atoms with Crippen molar-refractivity contribution in [1.82, 2.24) is 0 Å². The largest absolute Gasteiger partial charge is 0.490 e. The van der Waals surface area contributed by atoms with Gasteiger partial charge in [-0.25, -0.2) is 0 Å². The Labute approximate surface area is 186 Å². The molecule has 4 heteroatoms. The quantitative estimate of drug-likeness (QED) is 0.222. The van der Waals surface area contributed by atoms with Gasteiger partial charge in [0, 0.05) is 5.56 Å². The van der Waals surface area contributed by atoms with Crippen LogP contribution in [0.1, 0.15) is 69.4 Å². The van der Waals surface area contributed by atoms with E-state index in [1.807, 2.05) is 33.8 Å². The van der Waals surface area contributed by atoms with Crippen molar-refractivity contribution in [2.45, 2.75) is 66.6 Å². The number of hydrogen-bond donors (Lipinski definition) is 0. The number of allylic oxidation sites excluding steroid dienone is 2. The first-order chi connectivity index (χ1) is 14.7. The number of carbonyl (C=O) groups excluding carboxylic acids is 1. The lowest BCUT2D eigenvalue weighted by Crippen LogP contribution is -2.12. The Bertz CT molecular complexity index is 921. The van der Waals surface area contributed by atoms with Crippen molar-refractivity contribution in [3.05, 3.63) is 71.5 Å². The Morgan fingerprint density at radius 3 is 2.19 bits per heavy atom. The first-order valence-corrected chi connectivity index (χ1v) is 10.9. The summed E-state index contributed by atoms with van der Waals surface area (Å²) in [5.74, 6) is 2.64. The molecule has 0 radical (unpaired) electrons. The summed E-state index contributed by atoms with van der Waals surface area (Å²) in [6.07, 6.45) is 5.28. The fourth-order valence-electron chi connectivity index (χ4n) is 3.13. The molecule has 0 saturated carbocycles. The standard InChI is InChI=1S/C27H34O4/c1-8-9-22-12-17-26(30-19(4)5)24(27(22)31-20(6)7)15-16-25(28)21-10-13-23(14-11-21)29-18(2)3/h10-17,19-20H,2,8-9H2,1,3-7H3/b16-15+. The minimum atomic E-state index is -0.103. The molecular weight excluding hydrogens is 388 g/mol. The number of ketones is 1. The van der Waals surface area contributed by atoms with Gasteiger partial charge in [0.1, 0.15) is 17.2 Å². The van der Waals surface area contributed by atoms with E-state index in [-0.39, 0.29) is 18.0 Å². The number of rotatable bonds is 11. The van der Waals surface area contributed by atoms with E-state index in [0.717, 1.165) is 29.7 Å². The maximum atomic E-state index is 12.8. The van der Waals surface area contributed by atoms with Crippen LogP contribution in [0.3, 0.4) is 0 Å². The van der Waals surface area contributed by atoms with Crippen molar-refractivity contribution in [2.75, 3.05) is 0 Å². The average molecular weight is 423 g/mol. The number of ether oxygens (including phenoxy) is 3. The molecule has 0 aromatic heterocycles. The van der Waals surface area contributed by atoms with Crippen molar-refractivity contribution < 1.29 is 19.0 Å². The van der Waals surface area contributed by atoms with Gasteiger partial charge in [0.25, 0.3) is 0 Å². The molecule has 2 aromatic carbocycles. The SMILES string of the molecule is C=C(C)Oc1ccc(C(=O)/C=C/c2c(OC(C)C)ccc(CCC)c2OC(C)C)cc1. The van der Waals surface area contributed by atoms with E-state index < -0.39 is 0 Å². The predicted molar refractivity (Wildman–Crippen MR) is 127 cm³/mol. The second-order valence-electron chi connectivity index (χ2n) is 8.07. The van der Waals surface area contributed by atoms with Gasteiger partial charge in [0.15, 0.2) is 5.78 Å². The zero-order valence-corrected chi connectivity index (χ0v) is 19.5. The van der Waals surface area contributed by atoms with Crippen LogP contribution >= 0.6 is 0 Å². The van der Waals surface area contributed by atoms with Gasteiger partial charge in [-0.15, -0.1) is 0 Å². The smallest absolute Gasteiger partial charge is 0.185 e. The highest BCUT2D eigenvalue weighted by atomic mass is 16.5. The van der Waals surface area contributed by atoms with Crippen molar-refractivity contribution >= 4 is 11.9 Å². The van der Waals surface area contributed by atoms with Gasteiger partial charge < -0.3 is 14.2 Å². The van der Waals surface area contributed by atoms with Crippen LogP contribution in [0.4, 0.5) is 0 Å². The van der Waals surface area contributed by atoms with E-state index in [4.69, 9.17) is 14.2 Å². The molecule has 166 valence electrons. The molecule has 0 unspecified atom stereocenters. The normalized spacial score (nSPS) is 11.2. The van der Waals surface area contributed by atoms with E-state index in [9.17, 15) is 4.79 Å². The van der Waals surface area contributed by atoms with Crippen LogP contribution in [-0.2, 0) is 6.42 Å². The van der Waals surface area contributed by atoms with E-state index in [1.165, 1.54) is 0 Å². The third kappa shape index (κ3) is 7.32. The molecular formula is C27H34O4. The van der Waals surface area contributed by atoms with E-state index in [2.05, 4.69) is 19.6 Å². The minimum absolute atomic E-state index is 0.00707. The van der Waals surface area contributed by atoms with Crippen LogP contribution in [0.25, 0.3) is 6.08 Å². The van der Waals surface area contributed by atoms with Gasteiger partial charge in [0.2, 0.25) is 0 Å². The van der Waals surface area contributed by atoms with Crippen LogP contribution in [-0.4, -0.2) is 18.0 Å². The molecule has 0 aliphatic rings. The highest BCUT2D eigenvalue weighted by molar-refractivity contribution is 6.07. The maximum Gasteiger partial charge on any atom is 0.185 e. The predicted octanol–water partition coefficient (Wildman–Crippen LogP) is 7.02. The van der Waals surface area contributed by atoms with Gasteiger partial charge in [0.05, 0.1) is 23.5 Å². The zero-order valence-electron chi connectivity index (χ0n) is 19.5. The zero-order chi connectivity index (χ0) is 23.0. The first kappa shape index (κ1) is 24.3. The lowest BCUT2D eigenvalue weighted by Gasteiger charge is -2.21. The van der Waals surface area contributed by atoms with Crippen molar-refractivity contribution in [3.8, 4) is 17.2 Å². The second-order valence-corrected chi connectivity index (χ2v) is 8.07. The van der Waals surface area contributed by atoms with Gasteiger partial charge in [-0.2, -0.15) is 0 Å². The number of benzene rings is 2. The molecule has 0 aliphatic heterocycles.